The first-order chi connectivity index (χ1) is 6.72. The second-order valence-corrected chi connectivity index (χ2v) is 3.68. The van der Waals surface area contributed by atoms with Crippen molar-refractivity contribution in [1.82, 2.24) is 4.98 Å². The zero-order valence-electron chi connectivity index (χ0n) is 7.61. The molecule has 2 N–H and O–H groups in total. The highest BCUT2D eigenvalue weighted by Crippen LogP contribution is 2.23. The number of nitrogen functional groups attached to an aromatic ring is 1. The molecule has 0 bridgehead atoms. The highest BCUT2D eigenvalue weighted by Gasteiger charge is 2.08. The van der Waals surface area contributed by atoms with Crippen LogP contribution in [0.1, 0.15) is 18.1 Å². The Kier molecular flexibility index (Phi) is 3.33. The van der Waals surface area contributed by atoms with Crippen molar-refractivity contribution in [1.29, 1.82) is 10.5 Å². The van der Waals surface area contributed by atoms with E-state index in [1.165, 1.54) is 17.8 Å². The van der Waals surface area contributed by atoms with Gasteiger partial charge in [0.15, 0.2) is 0 Å². The Morgan fingerprint density at radius 1 is 1.43 bits per heavy atom. The molecule has 0 fully saturated rings. The lowest BCUT2D eigenvalue weighted by molar-refractivity contribution is 1.11. The Morgan fingerprint density at radius 3 is 2.57 bits per heavy atom. The van der Waals surface area contributed by atoms with Crippen LogP contribution in [0.2, 0.25) is 0 Å². The van der Waals surface area contributed by atoms with Crippen molar-refractivity contribution >= 4 is 17.6 Å². The van der Waals surface area contributed by atoms with Crippen molar-refractivity contribution < 1.29 is 0 Å². The molecule has 0 aliphatic carbocycles. The SMILES string of the molecule is CCSc1nc(N)c(C#N)cc1C#N. The monoisotopic (exact) mass is 204 g/mol. The Morgan fingerprint density at radius 2 is 2.07 bits per heavy atom. The average molecular weight is 204 g/mol. The lowest BCUT2D eigenvalue weighted by Crippen LogP contribution is -1.98. The first-order valence-corrected chi connectivity index (χ1v) is 4.95. The molecule has 0 saturated heterocycles. The molecule has 0 saturated carbocycles. The Hall–Kier alpha value is -1.72. The van der Waals surface area contributed by atoms with Gasteiger partial charge in [0.1, 0.15) is 23.0 Å². The van der Waals surface area contributed by atoms with Crippen molar-refractivity contribution in [2.75, 3.05) is 11.5 Å². The third kappa shape index (κ3) is 1.95. The number of pyridine rings is 1. The van der Waals surface area contributed by atoms with Gasteiger partial charge in [0.05, 0.1) is 11.1 Å². The summed E-state index contributed by atoms with van der Waals surface area (Å²) in [6, 6.07) is 5.36. The van der Waals surface area contributed by atoms with E-state index in [4.69, 9.17) is 16.3 Å². The van der Waals surface area contributed by atoms with Crippen LogP contribution in [0.3, 0.4) is 0 Å². The fourth-order valence-corrected chi connectivity index (χ4v) is 1.62. The maximum Gasteiger partial charge on any atom is 0.142 e. The quantitative estimate of drug-likeness (QED) is 0.738. The minimum atomic E-state index is 0.183. The van der Waals surface area contributed by atoms with E-state index in [1.807, 2.05) is 19.1 Å². The summed E-state index contributed by atoms with van der Waals surface area (Å²) in [5.41, 5.74) is 6.19. The number of aromatic nitrogens is 1. The van der Waals surface area contributed by atoms with Crippen molar-refractivity contribution in [3.63, 3.8) is 0 Å². The number of nitriles is 2. The highest BCUT2D eigenvalue weighted by atomic mass is 32.2. The molecule has 0 atom stereocenters. The number of nitrogens with zero attached hydrogens (tertiary/aromatic N) is 3. The minimum Gasteiger partial charge on any atom is -0.383 e. The van der Waals surface area contributed by atoms with E-state index in [-0.39, 0.29) is 11.4 Å². The maximum atomic E-state index is 8.80. The molecular weight excluding hydrogens is 196 g/mol. The average Bonchev–Trinajstić information content (AvgIpc) is 2.19. The van der Waals surface area contributed by atoms with Gasteiger partial charge in [-0.15, -0.1) is 11.8 Å². The molecule has 0 unspecified atom stereocenters. The molecule has 0 radical (unpaired) electrons. The Bertz CT molecular complexity index is 428. The van der Waals surface area contributed by atoms with E-state index >= 15 is 0 Å². The number of hydrogen-bond donors (Lipinski definition) is 1. The third-order valence-electron chi connectivity index (χ3n) is 1.54. The van der Waals surface area contributed by atoms with Crippen LogP contribution in [0.25, 0.3) is 0 Å². The van der Waals surface area contributed by atoms with Gasteiger partial charge in [-0.05, 0) is 11.8 Å². The van der Waals surface area contributed by atoms with Crippen molar-refractivity contribution in [2.45, 2.75) is 11.9 Å². The largest absolute Gasteiger partial charge is 0.383 e. The third-order valence-corrected chi connectivity index (χ3v) is 2.41. The predicted molar refractivity (Wildman–Crippen MR) is 54.5 cm³/mol. The highest BCUT2D eigenvalue weighted by molar-refractivity contribution is 7.99. The van der Waals surface area contributed by atoms with Gasteiger partial charge in [0, 0.05) is 0 Å². The van der Waals surface area contributed by atoms with E-state index in [1.54, 1.807) is 0 Å². The van der Waals surface area contributed by atoms with Crippen LogP contribution in [0.15, 0.2) is 11.1 Å². The van der Waals surface area contributed by atoms with Crippen LogP contribution in [0.4, 0.5) is 5.82 Å². The number of anilines is 1. The van der Waals surface area contributed by atoms with Crippen LogP contribution in [0.5, 0.6) is 0 Å². The summed E-state index contributed by atoms with van der Waals surface area (Å²) in [4.78, 5) is 4.00. The predicted octanol–water partition coefficient (Wildman–Crippen LogP) is 1.52. The molecule has 1 aromatic heterocycles. The van der Waals surface area contributed by atoms with E-state index < -0.39 is 0 Å². The number of hydrogen-bond acceptors (Lipinski definition) is 5. The van der Waals surface area contributed by atoms with Crippen LogP contribution in [-0.4, -0.2) is 10.7 Å². The summed E-state index contributed by atoms with van der Waals surface area (Å²) >= 11 is 1.44. The number of nitrogens with two attached hydrogens (primary N) is 1. The van der Waals surface area contributed by atoms with Gasteiger partial charge in [-0.25, -0.2) is 4.98 Å². The molecule has 0 aromatic carbocycles. The van der Waals surface area contributed by atoms with Gasteiger partial charge in [-0.3, -0.25) is 0 Å². The smallest absolute Gasteiger partial charge is 0.142 e. The van der Waals surface area contributed by atoms with Gasteiger partial charge >= 0.3 is 0 Å². The summed E-state index contributed by atoms with van der Waals surface area (Å²) in [7, 11) is 0. The molecule has 0 aliphatic heterocycles. The second kappa shape index (κ2) is 4.50. The molecule has 1 aromatic rings. The van der Waals surface area contributed by atoms with E-state index in [0.717, 1.165) is 5.75 Å². The number of rotatable bonds is 2. The maximum absolute atomic E-state index is 8.80. The fourth-order valence-electron chi connectivity index (χ4n) is 0.926. The Balaban J connectivity index is 3.28. The van der Waals surface area contributed by atoms with E-state index in [2.05, 4.69) is 4.98 Å². The van der Waals surface area contributed by atoms with Crippen LogP contribution >= 0.6 is 11.8 Å². The molecule has 1 heterocycles. The lowest BCUT2D eigenvalue weighted by Gasteiger charge is -2.03. The minimum absolute atomic E-state index is 0.183. The van der Waals surface area contributed by atoms with Crippen molar-refractivity contribution in [2.24, 2.45) is 0 Å². The zero-order valence-corrected chi connectivity index (χ0v) is 8.43. The first kappa shape index (κ1) is 10.4. The van der Waals surface area contributed by atoms with E-state index in [9.17, 15) is 0 Å². The fraction of sp³-hybridized carbons (Fsp3) is 0.222. The molecule has 1 rings (SSSR count). The molecule has 5 heteroatoms. The normalized spacial score (nSPS) is 9.07. The van der Waals surface area contributed by atoms with Gasteiger partial charge < -0.3 is 5.73 Å². The van der Waals surface area contributed by atoms with Gasteiger partial charge in [0.2, 0.25) is 0 Å². The molecule has 0 aliphatic rings. The molecule has 0 amide bonds. The van der Waals surface area contributed by atoms with Gasteiger partial charge in [0.25, 0.3) is 0 Å². The zero-order chi connectivity index (χ0) is 10.6. The topological polar surface area (TPSA) is 86.5 Å². The molecule has 4 nitrogen and oxygen atoms in total. The standard InChI is InChI=1S/C9H8N4S/c1-2-14-9-7(5-11)3-6(4-10)8(12)13-9/h3H,2H2,1H3,(H2,12,13). The van der Waals surface area contributed by atoms with Gasteiger partial charge in [-0.1, -0.05) is 6.92 Å². The second-order valence-electron chi connectivity index (χ2n) is 2.43. The van der Waals surface area contributed by atoms with Crippen molar-refractivity contribution in [3.05, 3.63) is 17.2 Å². The summed E-state index contributed by atoms with van der Waals surface area (Å²) < 4.78 is 0. The molecule has 70 valence electrons. The van der Waals surface area contributed by atoms with Crippen molar-refractivity contribution in [3.8, 4) is 12.1 Å². The molecule has 0 spiro atoms. The molecule has 14 heavy (non-hydrogen) atoms. The van der Waals surface area contributed by atoms with Crippen LogP contribution in [-0.2, 0) is 0 Å². The van der Waals surface area contributed by atoms with Crippen LogP contribution < -0.4 is 5.73 Å². The summed E-state index contributed by atoms with van der Waals surface area (Å²) in [6.45, 7) is 1.96. The van der Waals surface area contributed by atoms with E-state index in [0.29, 0.717) is 10.6 Å². The summed E-state index contributed by atoms with van der Waals surface area (Å²) in [5.74, 6) is 0.995. The van der Waals surface area contributed by atoms with Gasteiger partial charge in [-0.2, -0.15) is 10.5 Å². The number of thioether (sulfide) groups is 1. The Labute approximate surface area is 86.4 Å². The van der Waals surface area contributed by atoms with Crippen LogP contribution in [0, 0.1) is 22.7 Å². The first-order valence-electron chi connectivity index (χ1n) is 3.96. The molecular formula is C9H8N4S. The lowest BCUT2D eigenvalue weighted by atomic mass is 10.2. The summed E-state index contributed by atoms with van der Waals surface area (Å²) in [6.07, 6.45) is 0. The summed E-state index contributed by atoms with van der Waals surface area (Å²) in [5, 5.41) is 18.1.